The lowest BCUT2D eigenvalue weighted by Crippen LogP contribution is -2.61. The molecule has 17 heteroatoms. The zero-order valence-electron chi connectivity index (χ0n) is 27.5. The predicted octanol–water partition coefficient (Wildman–Crippen LogP) is 8.97. The number of ketones is 2. The fraction of sp³-hybridized carbons (Fsp3) is 0.844. The van der Waals surface area contributed by atoms with Crippen molar-refractivity contribution in [3.8, 4) is 0 Å². The van der Waals surface area contributed by atoms with Crippen LogP contribution in [0.2, 0.25) is 0 Å². The van der Waals surface area contributed by atoms with Gasteiger partial charge >= 0.3 is 41.9 Å². The van der Waals surface area contributed by atoms with Crippen LogP contribution in [0.3, 0.4) is 0 Å². The minimum Gasteiger partial charge on any atom is -0.481 e. The molecule has 0 aromatic rings. The highest BCUT2D eigenvalue weighted by Crippen LogP contribution is 2.54. The Morgan fingerprint density at radius 3 is 1.37 bits per heavy atom. The maximum Gasteiger partial charge on any atom is 0.460 e. The molecular formula is C32H47F9O8. The molecule has 0 aliphatic carbocycles. The Balaban J connectivity index is 5.02. The molecular weight excluding hydrogens is 683 g/mol. The fourth-order valence-electron chi connectivity index (χ4n) is 5.24. The van der Waals surface area contributed by atoms with E-state index in [1.165, 1.54) is 0 Å². The molecule has 8 nitrogen and oxygen atoms in total. The molecule has 2 N–H and O–H groups in total. The van der Waals surface area contributed by atoms with Crippen molar-refractivity contribution in [3.05, 3.63) is 0 Å². The highest BCUT2D eigenvalue weighted by Gasteiger charge is 2.81. The Morgan fingerprint density at radius 2 is 0.959 bits per heavy atom. The Kier molecular flexibility index (Phi) is 20.7. The number of unbranched alkanes of at least 4 members (excludes halogenated alkanes) is 9. The first-order valence-corrected chi connectivity index (χ1v) is 16.5. The average molecular weight is 731 g/mol. The second kappa shape index (κ2) is 22.0. The fourth-order valence-corrected chi connectivity index (χ4v) is 5.24. The van der Waals surface area contributed by atoms with E-state index in [1.807, 2.05) is 0 Å². The molecule has 0 fully saturated rings. The van der Waals surface area contributed by atoms with E-state index in [9.17, 15) is 63.5 Å². The van der Waals surface area contributed by atoms with Gasteiger partial charge in [-0.2, -0.15) is 39.5 Å². The summed E-state index contributed by atoms with van der Waals surface area (Å²) in [7, 11) is 0. The summed E-state index contributed by atoms with van der Waals surface area (Å²) in [6.45, 7) is 0.531. The van der Waals surface area contributed by atoms with Crippen LogP contribution in [0.4, 0.5) is 39.5 Å². The lowest BCUT2D eigenvalue weighted by atomic mass is 9.76. The van der Waals surface area contributed by atoms with Crippen molar-refractivity contribution in [1.29, 1.82) is 0 Å². The van der Waals surface area contributed by atoms with Gasteiger partial charge in [-0.15, -0.1) is 0 Å². The number of ether oxygens (including phenoxy) is 1. The topological polar surface area (TPSA) is 135 Å². The molecule has 2 atom stereocenters. The molecule has 0 saturated heterocycles. The first kappa shape index (κ1) is 46.1. The maximum absolute atomic E-state index is 13.6. The minimum atomic E-state index is -7.02. The maximum atomic E-state index is 13.6. The van der Waals surface area contributed by atoms with Gasteiger partial charge in [0.2, 0.25) is 0 Å². The van der Waals surface area contributed by atoms with E-state index in [0.717, 1.165) is 32.1 Å². The van der Waals surface area contributed by atoms with Crippen LogP contribution in [0.25, 0.3) is 0 Å². The molecule has 0 amide bonds. The van der Waals surface area contributed by atoms with Crippen LogP contribution in [0.1, 0.15) is 129 Å². The number of Topliss-reactive ketones (excluding diaryl/α,β-unsaturated/α-hetero) is 2. The second-order valence-electron chi connectivity index (χ2n) is 12.1. The first-order chi connectivity index (χ1) is 22.6. The molecule has 2 unspecified atom stereocenters. The van der Waals surface area contributed by atoms with Gasteiger partial charge in [0.1, 0.15) is 11.6 Å². The molecule has 0 bridgehead atoms. The molecule has 0 spiro atoms. The number of carbonyl (C=O) groups is 5. The highest BCUT2D eigenvalue weighted by atomic mass is 19.4. The number of carboxylic acid groups (broad SMARTS) is 2. The van der Waals surface area contributed by atoms with Crippen LogP contribution in [0, 0.1) is 11.8 Å². The largest absolute Gasteiger partial charge is 0.481 e. The van der Waals surface area contributed by atoms with E-state index >= 15 is 0 Å². The summed E-state index contributed by atoms with van der Waals surface area (Å²) in [5, 5.41) is 18.1. The molecule has 0 aliphatic rings. The van der Waals surface area contributed by atoms with Gasteiger partial charge in [0, 0.05) is 31.1 Å². The summed E-state index contributed by atoms with van der Waals surface area (Å²) in [6, 6.07) is 0. The third-order valence-corrected chi connectivity index (χ3v) is 8.14. The first-order valence-electron chi connectivity index (χ1n) is 16.5. The molecule has 0 saturated carbocycles. The number of aliphatic carboxylic acids is 2. The van der Waals surface area contributed by atoms with E-state index in [-0.39, 0.29) is 31.5 Å². The number of alkyl halides is 9. The third-order valence-electron chi connectivity index (χ3n) is 8.14. The SMILES string of the molecule is CCCCCCCCC(C(=O)CCC(=O)O)C(CCCCCCCC(=O)OCCC(F)(F)C(F)(F)C(F)(F)C(F)(F)F)C(=O)CCC(=O)O. The van der Waals surface area contributed by atoms with E-state index in [2.05, 4.69) is 11.7 Å². The van der Waals surface area contributed by atoms with Crippen molar-refractivity contribution >= 4 is 29.5 Å². The molecule has 0 aliphatic heterocycles. The molecule has 0 aromatic heterocycles. The van der Waals surface area contributed by atoms with E-state index in [1.54, 1.807) is 0 Å². The number of halogens is 9. The van der Waals surface area contributed by atoms with Gasteiger partial charge in [0.15, 0.2) is 0 Å². The van der Waals surface area contributed by atoms with Gasteiger partial charge in [0.05, 0.1) is 25.9 Å². The summed E-state index contributed by atoms with van der Waals surface area (Å²) < 4.78 is 120. The smallest absolute Gasteiger partial charge is 0.460 e. The van der Waals surface area contributed by atoms with Crippen LogP contribution in [0.5, 0.6) is 0 Å². The minimum absolute atomic E-state index is 0.118. The van der Waals surface area contributed by atoms with Gasteiger partial charge in [0.25, 0.3) is 0 Å². The third kappa shape index (κ3) is 16.6. The van der Waals surface area contributed by atoms with Crippen LogP contribution < -0.4 is 0 Å². The number of rotatable bonds is 29. The summed E-state index contributed by atoms with van der Waals surface area (Å²) in [4.78, 5) is 60.1. The predicted molar refractivity (Wildman–Crippen MR) is 158 cm³/mol. The van der Waals surface area contributed by atoms with Crippen LogP contribution in [0.15, 0.2) is 0 Å². The zero-order chi connectivity index (χ0) is 37.9. The van der Waals surface area contributed by atoms with Gasteiger partial charge in [-0.3, -0.25) is 24.0 Å². The van der Waals surface area contributed by atoms with E-state index in [4.69, 9.17) is 10.2 Å². The number of carbonyl (C=O) groups excluding carboxylic acids is 3. The van der Waals surface area contributed by atoms with Crippen molar-refractivity contribution in [3.63, 3.8) is 0 Å². The lowest BCUT2D eigenvalue weighted by molar-refractivity contribution is -0.397. The quantitative estimate of drug-likeness (QED) is 0.0443. The molecule has 49 heavy (non-hydrogen) atoms. The molecule has 286 valence electrons. The van der Waals surface area contributed by atoms with Crippen molar-refractivity contribution in [1.82, 2.24) is 0 Å². The second-order valence-corrected chi connectivity index (χ2v) is 12.1. The normalized spacial score (nSPS) is 13.9. The van der Waals surface area contributed by atoms with Crippen LogP contribution >= 0.6 is 0 Å². The van der Waals surface area contributed by atoms with Crippen LogP contribution in [-0.2, 0) is 28.7 Å². The monoisotopic (exact) mass is 730 g/mol. The Hall–Kier alpha value is -2.88. The van der Waals surface area contributed by atoms with E-state index in [0.29, 0.717) is 38.5 Å². The van der Waals surface area contributed by atoms with Crippen molar-refractivity contribution in [2.24, 2.45) is 11.8 Å². The standard InChI is InChI=1S/C32H47F9O8/c1-2-3-4-5-7-10-13-22(24(42)16-18-26(44)45)23(25(43)17-19-27(46)47)14-11-8-6-9-12-15-28(48)49-21-20-29(33,34)30(35,36)31(37,38)32(39,40)41/h22-23H,2-21H2,1H3,(H,44,45)(H,46,47). The number of hydrogen-bond donors (Lipinski definition) is 2. The summed E-state index contributed by atoms with van der Waals surface area (Å²) in [5.74, 6) is -25.5. The molecule has 0 rings (SSSR count). The number of esters is 1. The summed E-state index contributed by atoms with van der Waals surface area (Å²) in [5.41, 5.74) is 0. The van der Waals surface area contributed by atoms with Crippen molar-refractivity contribution < 1.29 is 78.4 Å². The lowest BCUT2D eigenvalue weighted by Gasteiger charge is -2.33. The number of hydrogen-bond acceptors (Lipinski definition) is 6. The van der Waals surface area contributed by atoms with Crippen molar-refractivity contribution in [2.75, 3.05) is 6.61 Å². The molecule has 0 radical (unpaired) electrons. The van der Waals surface area contributed by atoms with E-state index < -0.39 is 91.8 Å². The van der Waals surface area contributed by atoms with Gasteiger partial charge in [-0.25, -0.2) is 0 Å². The molecule has 0 aromatic carbocycles. The van der Waals surface area contributed by atoms with Crippen molar-refractivity contribution in [2.45, 2.75) is 153 Å². The Labute approximate surface area is 279 Å². The van der Waals surface area contributed by atoms with Gasteiger partial charge < -0.3 is 14.9 Å². The summed E-state index contributed by atoms with van der Waals surface area (Å²) in [6.07, 6.45) is -3.13. The average Bonchev–Trinajstić information content (AvgIpc) is 2.99. The zero-order valence-corrected chi connectivity index (χ0v) is 27.5. The van der Waals surface area contributed by atoms with Gasteiger partial charge in [-0.05, 0) is 19.3 Å². The van der Waals surface area contributed by atoms with Gasteiger partial charge in [-0.1, -0.05) is 71.1 Å². The highest BCUT2D eigenvalue weighted by molar-refractivity contribution is 5.92. The molecule has 0 heterocycles. The summed E-state index contributed by atoms with van der Waals surface area (Å²) >= 11 is 0. The van der Waals surface area contributed by atoms with Crippen LogP contribution in [-0.4, -0.2) is 70.2 Å². The number of carboxylic acids is 2. The Bertz CT molecular complexity index is 1050. The Morgan fingerprint density at radius 1 is 0.551 bits per heavy atom.